The molecule has 2 aromatic rings. The Labute approximate surface area is 101 Å². The molecule has 0 aliphatic heterocycles. The molecule has 0 N–H and O–H groups in total. The highest BCUT2D eigenvalue weighted by Crippen LogP contribution is 2.21. The minimum Gasteiger partial charge on any atom is -0.469 e. The Morgan fingerprint density at radius 3 is 2.65 bits per heavy atom. The first-order valence-electron chi connectivity index (χ1n) is 5.77. The summed E-state index contributed by atoms with van der Waals surface area (Å²) in [7, 11) is 1.43. The van der Waals surface area contributed by atoms with Crippen LogP contribution >= 0.6 is 0 Å². The topological polar surface area (TPSA) is 26.3 Å². The molecule has 2 aromatic carbocycles. The van der Waals surface area contributed by atoms with Crippen molar-refractivity contribution < 1.29 is 9.53 Å². The fraction of sp³-hybridized carbons (Fsp3) is 0.267. The van der Waals surface area contributed by atoms with E-state index in [1.54, 1.807) is 0 Å². The summed E-state index contributed by atoms with van der Waals surface area (Å²) < 4.78 is 4.76. The van der Waals surface area contributed by atoms with Crippen LogP contribution in [0.2, 0.25) is 0 Å². The minimum absolute atomic E-state index is 0.106. The summed E-state index contributed by atoms with van der Waals surface area (Å²) in [5.74, 6) is -0.260. The van der Waals surface area contributed by atoms with Crippen LogP contribution in [0.15, 0.2) is 42.5 Å². The molecule has 2 nitrogen and oxygen atoms in total. The van der Waals surface area contributed by atoms with Gasteiger partial charge in [-0.25, -0.2) is 0 Å². The van der Waals surface area contributed by atoms with Gasteiger partial charge in [-0.05, 0) is 22.8 Å². The molecule has 0 heterocycles. The van der Waals surface area contributed by atoms with E-state index >= 15 is 0 Å². The van der Waals surface area contributed by atoms with Crippen molar-refractivity contribution in [3.63, 3.8) is 0 Å². The molecule has 0 radical (unpaired) electrons. The zero-order valence-electron chi connectivity index (χ0n) is 10.1. The Balaban J connectivity index is 2.33. The summed E-state index contributed by atoms with van der Waals surface area (Å²) in [4.78, 5) is 11.4. The van der Waals surface area contributed by atoms with Gasteiger partial charge in [0.05, 0.1) is 13.0 Å². The van der Waals surface area contributed by atoms with Gasteiger partial charge >= 0.3 is 5.97 Å². The molecule has 0 saturated carbocycles. The highest BCUT2D eigenvalue weighted by molar-refractivity contribution is 5.86. The first-order chi connectivity index (χ1) is 8.22. The SMILES string of the molecule is COC(=O)C(C)Cc1cccc2ccccc12. The minimum atomic E-state index is -0.155. The number of rotatable bonds is 3. The highest BCUT2D eigenvalue weighted by atomic mass is 16.5. The summed E-state index contributed by atoms with van der Waals surface area (Å²) in [5.41, 5.74) is 1.20. The quantitative estimate of drug-likeness (QED) is 0.754. The predicted molar refractivity (Wildman–Crippen MR) is 68.8 cm³/mol. The van der Waals surface area contributed by atoms with E-state index in [2.05, 4.69) is 24.3 Å². The zero-order valence-corrected chi connectivity index (χ0v) is 10.1. The van der Waals surface area contributed by atoms with Crippen molar-refractivity contribution >= 4 is 16.7 Å². The van der Waals surface area contributed by atoms with Crippen molar-refractivity contribution in [1.82, 2.24) is 0 Å². The number of fused-ring (bicyclic) bond motifs is 1. The number of benzene rings is 2. The molecular weight excluding hydrogens is 212 g/mol. The van der Waals surface area contributed by atoms with E-state index in [1.807, 2.05) is 25.1 Å². The standard InChI is InChI=1S/C15H16O2/c1-11(15(16)17-2)10-13-8-5-7-12-6-3-4-9-14(12)13/h3-9,11H,10H2,1-2H3. The normalized spacial score (nSPS) is 12.4. The van der Waals surface area contributed by atoms with Crippen molar-refractivity contribution in [2.24, 2.45) is 5.92 Å². The van der Waals surface area contributed by atoms with Crippen molar-refractivity contribution in [3.05, 3.63) is 48.0 Å². The molecule has 17 heavy (non-hydrogen) atoms. The molecule has 0 aliphatic carbocycles. The molecular formula is C15H16O2. The van der Waals surface area contributed by atoms with E-state index in [9.17, 15) is 4.79 Å². The monoisotopic (exact) mass is 228 g/mol. The van der Waals surface area contributed by atoms with Gasteiger partial charge in [0.2, 0.25) is 0 Å². The Hall–Kier alpha value is -1.83. The molecule has 0 fully saturated rings. The maximum Gasteiger partial charge on any atom is 0.308 e. The van der Waals surface area contributed by atoms with Crippen molar-refractivity contribution in [3.8, 4) is 0 Å². The summed E-state index contributed by atoms with van der Waals surface area (Å²) >= 11 is 0. The first-order valence-corrected chi connectivity index (χ1v) is 5.77. The number of esters is 1. The first kappa shape index (κ1) is 11.6. The van der Waals surface area contributed by atoms with Crippen LogP contribution in [-0.4, -0.2) is 13.1 Å². The zero-order chi connectivity index (χ0) is 12.3. The van der Waals surface area contributed by atoms with E-state index < -0.39 is 0 Å². The molecule has 88 valence electrons. The van der Waals surface area contributed by atoms with Gasteiger partial charge in [0.1, 0.15) is 0 Å². The van der Waals surface area contributed by atoms with E-state index in [0.717, 1.165) is 0 Å². The van der Waals surface area contributed by atoms with Gasteiger partial charge in [-0.15, -0.1) is 0 Å². The van der Waals surface area contributed by atoms with Crippen molar-refractivity contribution in [1.29, 1.82) is 0 Å². The van der Waals surface area contributed by atoms with Crippen LogP contribution in [0.1, 0.15) is 12.5 Å². The van der Waals surface area contributed by atoms with E-state index in [0.29, 0.717) is 6.42 Å². The lowest BCUT2D eigenvalue weighted by atomic mass is 9.96. The van der Waals surface area contributed by atoms with Gasteiger partial charge in [0, 0.05) is 0 Å². The summed E-state index contributed by atoms with van der Waals surface area (Å²) in [5, 5.41) is 2.42. The molecule has 0 spiro atoms. The van der Waals surface area contributed by atoms with Crippen LogP contribution in [0.4, 0.5) is 0 Å². The highest BCUT2D eigenvalue weighted by Gasteiger charge is 2.14. The van der Waals surface area contributed by atoms with Crippen LogP contribution < -0.4 is 0 Å². The Morgan fingerprint density at radius 1 is 1.18 bits per heavy atom. The molecule has 2 rings (SSSR count). The fourth-order valence-corrected chi connectivity index (χ4v) is 2.08. The third-order valence-corrected chi connectivity index (χ3v) is 3.01. The van der Waals surface area contributed by atoms with Gasteiger partial charge < -0.3 is 4.74 Å². The van der Waals surface area contributed by atoms with Gasteiger partial charge in [-0.1, -0.05) is 49.4 Å². The molecule has 0 aromatic heterocycles. The van der Waals surface area contributed by atoms with Crippen LogP contribution in [0, 0.1) is 5.92 Å². The average Bonchev–Trinajstić information content (AvgIpc) is 2.38. The second-order valence-corrected chi connectivity index (χ2v) is 4.27. The van der Waals surface area contributed by atoms with Crippen LogP contribution in [0.3, 0.4) is 0 Å². The lowest BCUT2D eigenvalue weighted by molar-refractivity contribution is -0.144. The van der Waals surface area contributed by atoms with Gasteiger partial charge in [-0.3, -0.25) is 4.79 Å². The number of carbonyl (C=O) groups is 1. The maximum atomic E-state index is 11.4. The summed E-state index contributed by atoms with van der Waals surface area (Å²) in [6.45, 7) is 1.90. The van der Waals surface area contributed by atoms with Crippen molar-refractivity contribution in [2.75, 3.05) is 7.11 Å². The van der Waals surface area contributed by atoms with E-state index in [4.69, 9.17) is 4.74 Å². The number of hydrogen-bond donors (Lipinski definition) is 0. The Morgan fingerprint density at radius 2 is 1.88 bits per heavy atom. The average molecular weight is 228 g/mol. The van der Waals surface area contributed by atoms with Gasteiger partial charge in [-0.2, -0.15) is 0 Å². The molecule has 0 bridgehead atoms. The second kappa shape index (κ2) is 5.00. The lowest BCUT2D eigenvalue weighted by Gasteiger charge is -2.11. The smallest absolute Gasteiger partial charge is 0.308 e. The van der Waals surface area contributed by atoms with E-state index in [1.165, 1.54) is 23.4 Å². The fourth-order valence-electron chi connectivity index (χ4n) is 2.08. The molecule has 0 amide bonds. The van der Waals surface area contributed by atoms with Gasteiger partial charge in [0.25, 0.3) is 0 Å². The van der Waals surface area contributed by atoms with Crippen molar-refractivity contribution in [2.45, 2.75) is 13.3 Å². The number of hydrogen-bond acceptors (Lipinski definition) is 2. The van der Waals surface area contributed by atoms with Crippen LogP contribution in [0.5, 0.6) is 0 Å². The summed E-state index contributed by atoms with van der Waals surface area (Å²) in [6, 6.07) is 14.4. The maximum absolute atomic E-state index is 11.4. The van der Waals surface area contributed by atoms with Crippen LogP contribution in [-0.2, 0) is 16.0 Å². The molecule has 1 atom stereocenters. The van der Waals surface area contributed by atoms with Gasteiger partial charge in [0.15, 0.2) is 0 Å². The molecule has 0 aliphatic rings. The second-order valence-electron chi connectivity index (χ2n) is 4.27. The third-order valence-electron chi connectivity index (χ3n) is 3.01. The number of methoxy groups -OCH3 is 1. The lowest BCUT2D eigenvalue weighted by Crippen LogP contribution is -2.15. The molecule has 1 unspecified atom stereocenters. The van der Waals surface area contributed by atoms with Crippen LogP contribution in [0.25, 0.3) is 10.8 Å². The molecule has 2 heteroatoms. The third kappa shape index (κ3) is 2.47. The predicted octanol–water partition coefficient (Wildman–Crippen LogP) is 3.19. The Kier molecular flexibility index (Phi) is 3.43. The van der Waals surface area contributed by atoms with E-state index in [-0.39, 0.29) is 11.9 Å². The molecule has 0 saturated heterocycles. The summed E-state index contributed by atoms with van der Waals surface area (Å²) in [6.07, 6.45) is 0.716. The Bertz CT molecular complexity index is 526. The largest absolute Gasteiger partial charge is 0.469 e. The number of ether oxygens (including phenoxy) is 1. The number of carbonyl (C=O) groups excluding carboxylic acids is 1.